The van der Waals surface area contributed by atoms with Gasteiger partial charge in [0.1, 0.15) is 0 Å². The molecule has 1 aromatic rings. The smallest absolute Gasteiger partial charge is 0.161 e. The van der Waals surface area contributed by atoms with Gasteiger partial charge in [0.15, 0.2) is 11.5 Å². The molecule has 0 spiro atoms. The molecule has 0 aliphatic rings. The Morgan fingerprint density at radius 2 is 1.71 bits per heavy atom. The summed E-state index contributed by atoms with van der Waals surface area (Å²) in [7, 11) is 3.32. The van der Waals surface area contributed by atoms with Crippen molar-refractivity contribution < 1.29 is 9.47 Å². The topological polar surface area (TPSA) is 18.5 Å². The average molecular weight is 418 g/mol. The molecule has 0 amide bonds. The number of benzene rings is 1. The van der Waals surface area contributed by atoms with Crippen LogP contribution in [-0.2, 0) is 6.42 Å². The van der Waals surface area contributed by atoms with Crippen molar-refractivity contribution >= 4 is 45.2 Å². The monoisotopic (exact) mass is 418 g/mol. The molecule has 78 valence electrons. The van der Waals surface area contributed by atoms with Gasteiger partial charge in [-0.2, -0.15) is 0 Å². The largest absolute Gasteiger partial charge is 0.493 e. The van der Waals surface area contributed by atoms with Gasteiger partial charge in [-0.05, 0) is 46.7 Å². The summed E-state index contributed by atoms with van der Waals surface area (Å²) in [6.45, 7) is 0. The summed E-state index contributed by atoms with van der Waals surface area (Å²) in [6.07, 6.45) is 1.07. The molecule has 0 unspecified atom stereocenters. The van der Waals surface area contributed by atoms with Crippen molar-refractivity contribution in [2.24, 2.45) is 0 Å². The van der Waals surface area contributed by atoms with Crippen LogP contribution in [0.5, 0.6) is 11.5 Å². The Hall–Kier alpha value is 0.280. The SMILES string of the molecule is COc1cc(I)c(CCI)cc1OC. The van der Waals surface area contributed by atoms with Crippen LogP contribution in [0.3, 0.4) is 0 Å². The van der Waals surface area contributed by atoms with E-state index in [0.717, 1.165) is 22.3 Å². The lowest BCUT2D eigenvalue weighted by Gasteiger charge is -2.11. The van der Waals surface area contributed by atoms with E-state index in [0.29, 0.717) is 0 Å². The van der Waals surface area contributed by atoms with Crippen LogP contribution in [-0.4, -0.2) is 18.6 Å². The van der Waals surface area contributed by atoms with E-state index in [9.17, 15) is 0 Å². The Kier molecular flexibility index (Phi) is 5.29. The second kappa shape index (κ2) is 5.99. The van der Waals surface area contributed by atoms with Gasteiger partial charge in [-0.3, -0.25) is 0 Å². The molecule has 0 heterocycles. The highest BCUT2D eigenvalue weighted by Gasteiger charge is 2.08. The minimum Gasteiger partial charge on any atom is -0.493 e. The number of rotatable bonds is 4. The summed E-state index contributed by atoms with van der Waals surface area (Å²) >= 11 is 4.70. The van der Waals surface area contributed by atoms with E-state index in [2.05, 4.69) is 51.2 Å². The third-order valence-corrected chi connectivity index (χ3v) is 3.46. The molecular weight excluding hydrogens is 406 g/mol. The normalized spacial score (nSPS) is 10.0. The second-order valence-electron chi connectivity index (χ2n) is 2.74. The second-order valence-corrected chi connectivity index (χ2v) is 4.98. The fourth-order valence-corrected chi connectivity index (χ4v) is 2.48. The van der Waals surface area contributed by atoms with Crippen LogP contribution in [0.25, 0.3) is 0 Å². The Labute approximate surface area is 112 Å². The molecule has 1 aromatic carbocycles. The van der Waals surface area contributed by atoms with Crippen molar-refractivity contribution in [3.63, 3.8) is 0 Å². The van der Waals surface area contributed by atoms with Gasteiger partial charge in [-0.25, -0.2) is 0 Å². The molecule has 1 rings (SSSR count). The van der Waals surface area contributed by atoms with Crippen LogP contribution in [0.1, 0.15) is 5.56 Å². The van der Waals surface area contributed by atoms with Gasteiger partial charge in [0, 0.05) is 8.00 Å². The molecule has 0 N–H and O–H groups in total. The zero-order valence-corrected chi connectivity index (χ0v) is 12.5. The summed E-state index contributed by atoms with van der Waals surface area (Å²) in [5.74, 6) is 1.61. The molecule has 2 nitrogen and oxygen atoms in total. The number of hydrogen-bond acceptors (Lipinski definition) is 2. The first-order chi connectivity index (χ1) is 6.72. The first kappa shape index (κ1) is 12.4. The summed E-state index contributed by atoms with van der Waals surface area (Å²) in [5.41, 5.74) is 1.32. The van der Waals surface area contributed by atoms with E-state index in [1.165, 1.54) is 9.13 Å². The van der Waals surface area contributed by atoms with Crippen molar-refractivity contribution in [1.29, 1.82) is 0 Å². The molecule has 0 saturated heterocycles. The fraction of sp³-hybridized carbons (Fsp3) is 0.400. The lowest BCUT2D eigenvalue weighted by atomic mass is 10.1. The van der Waals surface area contributed by atoms with Crippen LogP contribution < -0.4 is 9.47 Å². The lowest BCUT2D eigenvalue weighted by Crippen LogP contribution is -1.96. The maximum absolute atomic E-state index is 5.25. The maximum Gasteiger partial charge on any atom is 0.161 e. The zero-order valence-electron chi connectivity index (χ0n) is 8.14. The molecule has 0 aliphatic carbocycles. The molecule has 0 saturated carbocycles. The highest BCUT2D eigenvalue weighted by atomic mass is 127. The Morgan fingerprint density at radius 3 is 2.21 bits per heavy atom. The van der Waals surface area contributed by atoms with Gasteiger partial charge in [-0.15, -0.1) is 0 Å². The van der Waals surface area contributed by atoms with E-state index in [1.807, 2.05) is 6.07 Å². The van der Waals surface area contributed by atoms with Gasteiger partial charge in [0.2, 0.25) is 0 Å². The lowest BCUT2D eigenvalue weighted by molar-refractivity contribution is 0.354. The van der Waals surface area contributed by atoms with Gasteiger partial charge >= 0.3 is 0 Å². The molecular formula is C10H12I2O2. The van der Waals surface area contributed by atoms with Gasteiger partial charge in [0.25, 0.3) is 0 Å². The molecule has 0 radical (unpaired) electrons. The average Bonchev–Trinajstić information content (AvgIpc) is 2.20. The molecule has 0 atom stereocenters. The highest BCUT2D eigenvalue weighted by molar-refractivity contribution is 14.1. The van der Waals surface area contributed by atoms with Crippen molar-refractivity contribution in [3.8, 4) is 11.5 Å². The number of methoxy groups -OCH3 is 2. The van der Waals surface area contributed by atoms with Crippen LogP contribution in [0.15, 0.2) is 12.1 Å². The fourth-order valence-electron chi connectivity index (χ4n) is 1.19. The van der Waals surface area contributed by atoms with E-state index in [-0.39, 0.29) is 0 Å². The third kappa shape index (κ3) is 2.88. The molecule has 4 heteroatoms. The van der Waals surface area contributed by atoms with E-state index >= 15 is 0 Å². The molecule has 14 heavy (non-hydrogen) atoms. The van der Waals surface area contributed by atoms with E-state index < -0.39 is 0 Å². The van der Waals surface area contributed by atoms with E-state index in [4.69, 9.17) is 9.47 Å². The quantitative estimate of drug-likeness (QED) is 0.553. The molecule has 0 bridgehead atoms. The summed E-state index contributed by atoms with van der Waals surface area (Å²) in [5, 5.41) is 0. The molecule has 0 aromatic heterocycles. The first-order valence-corrected chi connectivity index (χ1v) is 6.79. The van der Waals surface area contributed by atoms with Crippen molar-refractivity contribution in [2.45, 2.75) is 6.42 Å². The first-order valence-electron chi connectivity index (χ1n) is 4.19. The van der Waals surface area contributed by atoms with E-state index in [1.54, 1.807) is 14.2 Å². The zero-order chi connectivity index (χ0) is 10.6. The number of ether oxygens (including phenoxy) is 2. The Bertz CT molecular complexity index is 313. The minimum absolute atomic E-state index is 0.800. The van der Waals surface area contributed by atoms with Crippen LogP contribution in [0.4, 0.5) is 0 Å². The predicted molar refractivity (Wildman–Crippen MR) is 74.9 cm³/mol. The molecule has 0 aliphatic heterocycles. The highest BCUT2D eigenvalue weighted by Crippen LogP contribution is 2.31. The summed E-state index contributed by atoms with van der Waals surface area (Å²) < 4.78 is 12.8. The van der Waals surface area contributed by atoms with Crippen LogP contribution >= 0.6 is 45.2 Å². The van der Waals surface area contributed by atoms with Crippen molar-refractivity contribution in [1.82, 2.24) is 0 Å². The van der Waals surface area contributed by atoms with Crippen LogP contribution in [0.2, 0.25) is 0 Å². The Balaban J connectivity index is 3.09. The number of aryl methyl sites for hydroxylation is 1. The number of alkyl halides is 1. The number of halogens is 2. The predicted octanol–water partition coefficient (Wildman–Crippen LogP) is 3.29. The maximum atomic E-state index is 5.25. The minimum atomic E-state index is 0.800. The molecule has 0 fully saturated rings. The number of hydrogen-bond donors (Lipinski definition) is 0. The summed E-state index contributed by atoms with van der Waals surface area (Å²) in [4.78, 5) is 0. The standard InChI is InChI=1S/C10H12I2O2/c1-13-9-5-7(3-4-11)8(12)6-10(9)14-2/h5-6H,3-4H2,1-2H3. The summed E-state index contributed by atoms with van der Waals surface area (Å²) in [6, 6.07) is 4.07. The third-order valence-electron chi connectivity index (χ3n) is 1.92. The van der Waals surface area contributed by atoms with Crippen molar-refractivity contribution in [3.05, 3.63) is 21.3 Å². The van der Waals surface area contributed by atoms with Gasteiger partial charge in [-0.1, -0.05) is 22.6 Å². The van der Waals surface area contributed by atoms with Crippen molar-refractivity contribution in [2.75, 3.05) is 18.6 Å². The van der Waals surface area contributed by atoms with Crippen LogP contribution in [0, 0.1) is 3.57 Å². The van der Waals surface area contributed by atoms with Gasteiger partial charge in [0.05, 0.1) is 14.2 Å². The Morgan fingerprint density at radius 1 is 1.14 bits per heavy atom. The van der Waals surface area contributed by atoms with Gasteiger partial charge < -0.3 is 9.47 Å².